The van der Waals surface area contributed by atoms with E-state index in [0.29, 0.717) is 23.2 Å². The number of methoxy groups -OCH3 is 1. The first-order valence-corrected chi connectivity index (χ1v) is 9.30. The molecule has 5 heterocycles. The Balaban J connectivity index is 1.66. The molecule has 30 heavy (non-hydrogen) atoms. The van der Waals surface area contributed by atoms with Gasteiger partial charge in [-0.1, -0.05) is 6.07 Å². The first-order chi connectivity index (χ1) is 14.7. The van der Waals surface area contributed by atoms with Crippen LogP contribution < -0.4 is 15.4 Å². The second-order valence-electron chi connectivity index (χ2n) is 6.53. The zero-order valence-electron chi connectivity index (χ0n) is 16.4. The van der Waals surface area contributed by atoms with Gasteiger partial charge >= 0.3 is 0 Å². The van der Waals surface area contributed by atoms with Gasteiger partial charge in [0.25, 0.3) is 0 Å². The Morgan fingerprint density at radius 1 is 0.967 bits per heavy atom. The molecule has 5 aromatic heterocycles. The predicted octanol–water partition coefficient (Wildman–Crippen LogP) is 3.53. The van der Waals surface area contributed by atoms with Crippen molar-refractivity contribution in [1.29, 1.82) is 0 Å². The number of pyridine rings is 4. The van der Waals surface area contributed by atoms with Crippen molar-refractivity contribution in [3.63, 3.8) is 0 Å². The first kappa shape index (κ1) is 17.8. The van der Waals surface area contributed by atoms with Crippen LogP contribution in [0.25, 0.3) is 27.8 Å². The summed E-state index contributed by atoms with van der Waals surface area (Å²) in [7, 11) is 3.45. The van der Waals surface area contributed by atoms with Gasteiger partial charge in [0, 0.05) is 42.0 Å². The zero-order chi connectivity index (χ0) is 20.5. The largest absolute Gasteiger partial charge is 0.495 e. The Morgan fingerprint density at radius 2 is 1.90 bits per heavy atom. The van der Waals surface area contributed by atoms with E-state index in [1.165, 1.54) is 0 Å². The van der Waals surface area contributed by atoms with Gasteiger partial charge in [-0.15, -0.1) is 5.10 Å². The van der Waals surface area contributed by atoms with Crippen LogP contribution in [0.5, 0.6) is 5.75 Å². The lowest BCUT2D eigenvalue weighted by molar-refractivity contribution is 0.411. The fourth-order valence-electron chi connectivity index (χ4n) is 3.25. The van der Waals surface area contributed by atoms with Crippen LogP contribution >= 0.6 is 0 Å². The topological polar surface area (TPSA) is 102 Å². The Kier molecular flexibility index (Phi) is 4.32. The number of ether oxygens (including phenoxy) is 1. The fourth-order valence-corrected chi connectivity index (χ4v) is 3.25. The molecule has 148 valence electrons. The molecule has 9 nitrogen and oxygen atoms in total. The molecule has 0 unspecified atom stereocenters. The number of nitrogens with zero attached hydrogens (tertiary/aromatic N) is 6. The van der Waals surface area contributed by atoms with Crippen molar-refractivity contribution in [2.75, 3.05) is 24.8 Å². The molecule has 0 amide bonds. The average molecular weight is 398 g/mol. The molecule has 0 atom stereocenters. The third kappa shape index (κ3) is 3.12. The van der Waals surface area contributed by atoms with Crippen LogP contribution in [0.15, 0.2) is 61.2 Å². The molecule has 0 aliphatic rings. The Labute approximate surface area is 171 Å². The zero-order valence-corrected chi connectivity index (χ0v) is 16.4. The number of rotatable bonds is 5. The van der Waals surface area contributed by atoms with Crippen molar-refractivity contribution in [2.45, 2.75) is 0 Å². The van der Waals surface area contributed by atoms with Gasteiger partial charge < -0.3 is 15.4 Å². The van der Waals surface area contributed by atoms with E-state index in [1.54, 1.807) is 36.4 Å². The highest BCUT2D eigenvalue weighted by atomic mass is 16.5. The molecule has 0 bridgehead atoms. The molecule has 0 aliphatic heterocycles. The minimum absolute atomic E-state index is 0.568. The van der Waals surface area contributed by atoms with Crippen LogP contribution in [-0.2, 0) is 0 Å². The Morgan fingerprint density at radius 3 is 2.70 bits per heavy atom. The van der Waals surface area contributed by atoms with Crippen LogP contribution in [-0.4, -0.2) is 43.7 Å². The number of hydrogen-bond acceptors (Lipinski definition) is 8. The summed E-state index contributed by atoms with van der Waals surface area (Å²) in [6.45, 7) is 0. The Bertz CT molecular complexity index is 1350. The van der Waals surface area contributed by atoms with Gasteiger partial charge in [0.15, 0.2) is 11.5 Å². The molecule has 5 aromatic rings. The molecular formula is C21H18N8O. The molecule has 0 saturated carbocycles. The summed E-state index contributed by atoms with van der Waals surface area (Å²) in [4.78, 5) is 18.0. The van der Waals surface area contributed by atoms with E-state index in [0.717, 1.165) is 27.8 Å². The average Bonchev–Trinajstić information content (AvgIpc) is 3.22. The number of anilines is 3. The molecular weight excluding hydrogens is 380 g/mol. The molecule has 0 fully saturated rings. The lowest BCUT2D eigenvalue weighted by Gasteiger charge is -2.10. The molecule has 5 rings (SSSR count). The van der Waals surface area contributed by atoms with E-state index in [1.807, 2.05) is 43.4 Å². The summed E-state index contributed by atoms with van der Waals surface area (Å²) in [5.41, 5.74) is 1.52. The normalized spacial score (nSPS) is 11.0. The summed E-state index contributed by atoms with van der Waals surface area (Å²) >= 11 is 0. The van der Waals surface area contributed by atoms with Crippen molar-refractivity contribution >= 4 is 33.9 Å². The van der Waals surface area contributed by atoms with Gasteiger partial charge in [-0.2, -0.15) is 0 Å². The SMILES string of the molecule is CNc1ncc(-c2nc3ccc(OC)cn3n2)c2cc(Nc3ccccn3)ncc12. The van der Waals surface area contributed by atoms with Crippen molar-refractivity contribution in [3.8, 4) is 17.1 Å². The number of nitrogens with one attached hydrogen (secondary N) is 2. The first-order valence-electron chi connectivity index (χ1n) is 9.30. The highest BCUT2D eigenvalue weighted by Crippen LogP contribution is 2.32. The predicted molar refractivity (Wildman–Crippen MR) is 115 cm³/mol. The highest BCUT2D eigenvalue weighted by Gasteiger charge is 2.15. The summed E-state index contributed by atoms with van der Waals surface area (Å²) < 4.78 is 6.97. The second-order valence-corrected chi connectivity index (χ2v) is 6.53. The monoisotopic (exact) mass is 398 g/mol. The van der Waals surface area contributed by atoms with Gasteiger partial charge in [0.1, 0.15) is 23.2 Å². The van der Waals surface area contributed by atoms with Gasteiger partial charge in [-0.25, -0.2) is 24.5 Å². The Hall–Kier alpha value is -4.27. The standard InChI is InChI=1S/C21H18N8O/c1-22-20-15-10-24-18(26-17-5-3-4-8-23-17)9-14(15)16(11-25-20)21-27-19-7-6-13(30-2)12-29(19)28-21/h3-12H,1-2H3,(H,22,25)(H,23,24,26). The molecule has 0 aromatic carbocycles. The van der Waals surface area contributed by atoms with Crippen molar-refractivity contribution < 1.29 is 4.74 Å². The minimum atomic E-state index is 0.568. The minimum Gasteiger partial charge on any atom is -0.495 e. The smallest absolute Gasteiger partial charge is 0.184 e. The number of hydrogen-bond donors (Lipinski definition) is 2. The van der Waals surface area contributed by atoms with E-state index < -0.39 is 0 Å². The van der Waals surface area contributed by atoms with E-state index in [4.69, 9.17) is 4.74 Å². The third-order valence-electron chi connectivity index (χ3n) is 4.71. The van der Waals surface area contributed by atoms with E-state index in [2.05, 4.69) is 35.7 Å². The highest BCUT2D eigenvalue weighted by molar-refractivity contribution is 6.01. The molecule has 0 radical (unpaired) electrons. The number of aromatic nitrogens is 6. The van der Waals surface area contributed by atoms with Gasteiger partial charge in [0.2, 0.25) is 0 Å². The van der Waals surface area contributed by atoms with Gasteiger partial charge in [-0.05, 0) is 30.3 Å². The quantitative estimate of drug-likeness (QED) is 0.464. The molecule has 9 heteroatoms. The van der Waals surface area contributed by atoms with Crippen LogP contribution in [0.1, 0.15) is 0 Å². The van der Waals surface area contributed by atoms with E-state index in [9.17, 15) is 0 Å². The fraction of sp³-hybridized carbons (Fsp3) is 0.0952. The van der Waals surface area contributed by atoms with Gasteiger partial charge in [0.05, 0.1) is 13.3 Å². The molecule has 0 saturated heterocycles. The van der Waals surface area contributed by atoms with Crippen LogP contribution in [0.3, 0.4) is 0 Å². The maximum Gasteiger partial charge on any atom is 0.184 e. The molecule has 2 N–H and O–H groups in total. The lowest BCUT2D eigenvalue weighted by Crippen LogP contribution is -1.99. The molecule has 0 spiro atoms. The van der Waals surface area contributed by atoms with Crippen molar-refractivity contribution in [1.82, 2.24) is 29.5 Å². The lowest BCUT2D eigenvalue weighted by atomic mass is 10.1. The maximum atomic E-state index is 5.28. The van der Waals surface area contributed by atoms with E-state index >= 15 is 0 Å². The van der Waals surface area contributed by atoms with Crippen molar-refractivity contribution in [3.05, 3.63) is 61.2 Å². The molecule has 0 aliphatic carbocycles. The third-order valence-corrected chi connectivity index (χ3v) is 4.71. The summed E-state index contributed by atoms with van der Waals surface area (Å²) in [6.07, 6.45) is 7.07. The summed E-state index contributed by atoms with van der Waals surface area (Å²) in [6, 6.07) is 11.3. The van der Waals surface area contributed by atoms with Crippen LogP contribution in [0.4, 0.5) is 17.5 Å². The van der Waals surface area contributed by atoms with Crippen LogP contribution in [0.2, 0.25) is 0 Å². The number of fused-ring (bicyclic) bond motifs is 2. The van der Waals surface area contributed by atoms with Gasteiger partial charge in [-0.3, -0.25) is 0 Å². The second kappa shape index (κ2) is 7.28. The summed E-state index contributed by atoms with van der Waals surface area (Å²) in [5, 5.41) is 12.8. The summed E-state index contributed by atoms with van der Waals surface area (Å²) in [5.74, 6) is 3.39. The van der Waals surface area contributed by atoms with Crippen molar-refractivity contribution in [2.24, 2.45) is 0 Å². The maximum absolute atomic E-state index is 5.28. The van der Waals surface area contributed by atoms with E-state index in [-0.39, 0.29) is 0 Å². The van der Waals surface area contributed by atoms with Crippen LogP contribution in [0, 0.1) is 0 Å².